The van der Waals surface area contributed by atoms with E-state index in [0.717, 1.165) is 29.7 Å². The number of benzene rings is 1. The molecule has 4 aliphatic rings. The number of piperidine rings is 1. The van der Waals surface area contributed by atoms with Crippen molar-refractivity contribution in [1.29, 1.82) is 0 Å². The summed E-state index contributed by atoms with van der Waals surface area (Å²) in [5, 5.41) is 6.55. The summed E-state index contributed by atoms with van der Waals surface area (Å²) in [5.41, 5.74) is 1.22. The number of fused-ring (bicyclic) bond motifs is 4. The Balaban J connectivity index is 1.47. The number of hydrogen-bond acceptors (Lipinski definition) is 8. The van der Waals surface area contributed by atoms with Gasteiger partial charge in [0, 0.05) is 23.7 Å². The maximum absolute atomic E-state index is 13.3. The second kappa shape index (κ2) is 6.71. The molecule has 0 unspecified atom stereocenters. The van der Waals surface area contributed by atoms with E-state index in [9.17, 15) is 14.4 Å². The number of amides is 2. The van der Waals surface area contributed by atoms with Gasteiger partial charge in [-0.3, -0.25) is 19.7 Å². The fourth-order valence-electron chi connectivity index (χ4n) is 5.63. The number of ether oxygens (including phenoxy) is 1. The number of carbonyl (C=O) groups excluding carboxylic acids is 3. The molecule has 9 nitrogen and oxygen atoms in total. The van der Waals surface area contributed by atoms with Crippen LogP contribution >= 0.6 is 0 Å². The number of rotatable bonds is 2. The molecule has 4 atom stereocenters. The molecular weight excluding hydrogens is 412 g/mol. The van der Waals surface area contributed by atoms with Gasteiger partial charge in [-0.05, 0) is 56.9 Å². The Morgan fingerprint density at radius 3 is 2.75 bits per heavy atom. The summed E-state index contributed by atoms with van der Waals surface area (Å²) in [6, 6.07) is 5.41. The van der Waals surface area contributed by atoms with Crippen LogP contribution in [0.1, 0.15) is 50.5 Å². The highest BCUT2D eigenvalue weighted by molar-refractivity contribution is 6.22. The quantitative estimate of drug-likeness (QED) is 0.559. The Morgan fingerprint density at radius 2 is 2.00 bits per heavy atom. The molecule has 1 aliphatic carbocycles. The molecular formula is C23H24N4O5. The lowest BCUT2D eigenvalue weighted by molar-refractivity contribution is -0.158. The summed E-state index contributed by atoms with van der Waals surface area (Å²) in [5.74, 6) is 0.0853. The molecule has 1 aromatic carbocycles. The number of imide groups is 1. The first-order chi connectivity index (χ1) is 15.4. The van der Waals surface area contributed by atoms with Crippen LogP contribution in [0.3, 0.4) is 0 Å². The molecule has 1 spiro atoms. The van der Waals surface area contributed by atoms with Crippen LogP contribution in [0.25, 0.3) is 11.4 Å². The van der Waals surface area contributed by atoms with Crippen LogP contribution in [-0.2, 0) is 25.5 Å². The van der Waals surface area contributed by atoms with Crippen LogP contribution in [0, 0.1) is 5.41 Å². The first-order valence-electron chi connectivity index (χ1n) is 11.1. The molecule has 3 fully saturated rings. The standard InChI is InChI=1S/C23H24N4O5/c1-11-10-27-16-6-5-14(20-25-21(32-26-20)13-3-4-13)7-15(16)9-23(19(27)12(2)31-11)17(28)8-18(29)24-22(23)30/h5-7,11-13,19H,3-4,8-10H2,1-2H3,(H,24,29,30)/t11-,12+,19-,23-/m1/s1. The smallest absolute Gasteiger partial charge is 0.242 e. The number of Topliss-reactive ketones (excluding diaryl/α,β-unsaturated/α-hetero) is 1. The highest BCUT2D eigenvalue weighted by Crippen LogP contribution is 2.48. The van der Waals surface area contributed by atoms with E-state index in [1.807, 2.05) is 32.0 Å². The van der Waals surface area contributed by atoms with E-state index in [-0.39, 0.29) is 30.8 Å². The molecule has 0 radical (unpaired) electrons. The van der Waals surface area contributed by atoms with Crippen molar-refractivity contribution in [3.63, 3.8) is 0 Å². The number of nitrogens with zero attached hydrogens (tertiary/aromatic N) is 3. The molecule has 32 heavy (non-hydrogen) atoms. The lowest BCUT2D eigenvalue weighted by Crippen LogP contribution is -2.72. The van der Waals surface area contributed by atoms with Gasteiger partial charge in [-0.2, -0.15) is 4.98 Å². The van der Waals surface area contributed by atoms with Crippen LogP contribution in [0.4, 0.5) is 5.69 Å². The van der Waals surface area contributed by atoms with Gasteiger partial charge in [0.05, 0.1) is 24.7 Å². The van der Waals surface area contributed by atoms with E-state index in [1.165, 1.54) is 0 Å². The van der Waals surface area contributed by atoms with Crippen molar-refractivity contribution >= 4 is 23.3 Å². The SMILES string of the molecule is C[C@@H]1CN2c3ccc(-c4noc(C5CC5)n4)cc3C[C@@]3(C(=O)CC(=O)NC3=O)[C@H]2[C@H](C)O1. The molecule has 9 heteroatoms. The number of ketones is 1. The van der Waals surface area contributed by atoms with E-state index in [0.29, 0.717) is 24.2 Å². The van der Waals surface area contributed by atoms with E-state index >= 15 is 0 Å². The highest BCUT2D eigenvalue weighted by Gasteiger charge is 2.62. The van der Waals surface area contributed by atoms with Crippen LogP contribution in [-0.4, -0.2) is 52.5 Å². The van der Waals surface area contributed by atoms with Gasteiger partial charge in [-0.25, -0.2) is 0 Å². The summed E-state index contributed by atoms with van der Waals surface area (Å²) >= 11 is 0. The fourth-order valence-corrected chi connectivity index (χ4v) is 5.63. The molecule has 4 heterocycles. The lowest BCUT2D eigenvalue weighted by atomic mass is 9.63. The van der Waals surface area contributed by atoms with Crippen molar-refractivity contribution < 1.29 is 23.6 Å². The monoisotopic (exact) mass is 436 g/mol. The zero-order chi connectivity index (χ0) is 22.2. The second-order valence-electron chi connectivity index (χ2n) is 9.45. The normalized spacial score (nSPS) is 32.0. The number of aromatic nitrogens is 2. The minimum Gasteiger partial charge on any atom is -0.372 e. The van der Waals surface area contributed by atoms with Crippen molar-refractivity contribution in [3.05, 3.63) is 29.7 Å². The third kappa shape index (κ3) is 2.76. The van der Waals surface area contributed by atoms with Crippen LogP contribution in [0.15, 0.2) is 22.7 Å². The molecule has 1 aromatic heterocycles. The maximum atomic E-state index is 13.3. The van der Waals surface area contributed by atoms with Crippen LogP contribution < -0.4 is 10.2 Å². The predicted octanol–water partition coefficient (Wildman–Crippen LogP) is 1.75. The second-order valence-corrected chi connectivity index (χ2v) is 9.45. The molecule has 166 valence electrons. The van der Waals surface area contributed by atoms with Gasteiger partial charge in [-0.1, -0.05) is 5.16 Å². The third-order valence-electron chi connectivity index (χ3n) is 7.15. The molecule has 6 rings (SSSR count). The number of hydrogen-bond donors (Lipinski definition) is 1. The molecule has 2 aromatic rings. The number of nitrogens with one attached hydrogen (secondary N) is 1. The van der Waals surface area contributed by atoms with Gasteiger partial charge in [0.15, 0.2) is 5.78 Å². The van der Waals surface area contributed by atoms with Gasteiger partial charge in [-0.15, -0.1) is 0 Å². The Bertz CT molecular complexity index is 1130. The minimum atomic E-state index is -1.38. The summed E-state index contributed by atoms with van der Waals surface area (Å²) in [7, 11) is 0. The first-order valence-corrected chi connectivity index (χ1v) is 11.1. The number of anilines is 1. The van der Waals surface area contributed by atoms with Crippen LogP contribution in [0.2, 0.25) is 0 Å². The first kappa shape index (κ1) is 19.6. The van der Waals surface area contributed by atoms with E-state index in [4.69, 9.17) is 9.26 Å². The summed E-state index contributed by atoms with van der Waals surface area (Å²) < 4.78 is 11.5. The largest absolute Gasteiger partial charge is 0.372 e. The van der Waals surface area contributed by atoms with Gasteiger partial charge in [0.25, 0.3) is 0 Å². The predicted molar refractivity (Wildman–Crippen MR) is 112 cm³/mol. The Kier molecular flexibility index (Phi) is 4.11. The van der Waals surface area contributed by atoms with Gasteiger partial charge in [0.1, 0.15) is 5.41 Å². The van der Waals surface area contributed by atoms with Crippen molar-refractivity contribution in [1.82, 2.24) is 15.5 Å². The average molecular weight is 436 g/mol. The van der Waals surface area contributed by atoms with Crippen LogP contribution in [0.5, 0.6) is 0 Å². The Morgan fingerprint density at radius 1 is 1.19 bits per heavy atom. The Hall–Kier alpha value is -3.07. The summed E-state index contributed by atoms with van der Waals surface area (Å²) in [6.45, 7) is 4.42. The van der Waals surface area contributed by atoms with Gasteiger partial charge in [0.2, 0.25) is 23.5 Å². The van der Waals surface area contributed by atoms with Crippen molar-refractivity contribution in [2.45, 2.75) is 63.7 Å². The van der Waals surface area contributed by atoms with Crippen molar-refractivity contribution in [2.24, 2.45) is 5.41 Å². The zero-order valence-corrected chi connectivity index (χ0v) is 18.0. The summed E-state index contributed by atoms with van der Waals surface area (Å²) in [6.07, 6.45) is 1.62. The minimum absolute atomic E-state index is 0.0642. The maximum Gasteiger partial charge on any atom is 0.242 e. The zero-order valence-electron chi connectivity index (χ0n) is 18.0. The van der Waals surface area contributed by atoms with Gasteiger partial charge < -0.3 is 14.2 Å². The lowest BCUT2D eigenvalue weighted by Gasteiger charge is -2.55. The number of morpholine rings is 1. The molecule has 1 N–H and O–H groups in total. The molecule has 2 saturated heterocycles. The highest BCUT2D eigenvalue weighted by atomic mass is 16.5. The van der Waals surface area contributed by atoms with E-state index < -0.39 is 23.3 Å². The molecule has 3 aliphatic heterocycles. The summed E-state index contributed by atoms with van der Waals surface area (Å²) in [4.78, 5) is 45.1. The van der Waals surface area contributed by atoms with E-state index in [2.05, 4.69) is 20.4 Å². The van der Waals surface area contributed by atoms with E-state index in [1.54, 1.807) is 0 Å². The van der Waals surface area contributed by atoms with Crippen molar-refractivity contribution in [3.8, 4) is 11.4 Å². The number of carbonyl (C=O) groups is 3. The molecule has 2 amide bonds. The molecule has 0 bridgehead atoms. The molecule has 1 saturated carbocycles. The average Bonchev–Trinajstić information content (AvgIpc) is 3.47. The van der Waals surface area contributed by atoms with Crippen molar-refractivity contribution in [2.75, 3.05) is 11.4 Å². The fraction of sp³-hybridized carbons (Fsp3) is 0.522. The third-order valence-corrected chi connectivity index (χ3v) is 7.15. The van der Waals surface area contributed by atoms with Gasteiger partial charge >= 0.3 is 0 Å². The topological polar surface area (TPSA) is 115 Å². The Labute approximate surface area is 184 Å².